The molecule has 0 saturated carbocycles. The second-order valence-corrected chi connectivity index (χ2v) is 3.49. The van der Waals surface area contributed by atoms with Crippen LogP contribution < -0.4 is 10.5 Å². The Bertz CT molecular complexity index is 494. The van der Waals surface area contributed by atoms with Gasteiger partial charge in [-0.05, 0) is 19.1 Å². The fraction of sp³-hybridized carbons (Fsp3) is 0.167. The van der Waals surface area contributed by atoms with Gasteiger partial charge >= 0.3 is 0 Å². The summed E-state index contributed by atoms with van der Waals surface area (Å²) in [6.45, 7) is 1.88. The lowest BCUT2D eigenvalue weighted by Crippen LogP contribution is -1.94. The third-order valence-electron chi connectivity index (χ3n) is 2.40. The third kappa shape index (κ3) is 1.95. The van der Waals surface area contributed by atoms with Crippen LogP contribution in [0.15, 0.2) is 30.6 Å². The van der Waals surface area contributed by atoms with Gasteiger partial charge < -0.3 is 10.5 Å². The normalized spacial score (nSPS) is 10.1. The Hall–Kier alpha value is -2.10. The Morgan fingerprint density at radius 2 is 1.88 bits per heavy atom. The Labute approximate surface area is 94.1 Å². The highest BCUT2D eigenvalue weighted by Crippen LogP contribution is 2.22. The number of pyridine rings is 2. The molecule has 0 unspecified atom stereocenters. The molecule has 16 heavy (non-hydrogen) atoms. The van der Waals surface area contributed by atoms with Crippen LogP contribution in [-0.4, -0.2) is 17.1 Å². The topological polar surface area (TPSA) is 61.0 Å². The van der Waals surface area contributed by atoms with Gasteiger partial charge in [0.25, 0.3) is 0 Å². The molecule has 2 rings (SSSR count). The molecule has 0 amide bonds. The largest absolute Gasteiger partial charge is 0.481 e. The van der Waals surface area contributed by atoms with Crippen LogP contribution in [0, 0.1) is 6.92 Å². The lowest BCUT2D eigenvalue weighted by atomic mass is 10.1. The summed E-state index contributed by atoms with van der Waals surface area (Å²) in [5.41, 5.74) is 9.26. The second-order valence-electron chi connectivity index (χ2n) is 3.49. The predicted molar refractivity (Wildman–Crippen MR) is 63.2 cm³/mol. The maximum atomic E-state index is 5.81. The number of aromatic nitrogens is 2. The molecule has 0 spiro atoms. The van der Waals surface area contributed by atoms with E-state index in [1.807, 2.05) is 25.1 Å². The summed E-state index contributed by atoms with van der Waals surface area (Å²) in [6.07, 6.45) is 3.53. The minimum Gasteiger partial charge on any atom is -0.481 e. The van der Waals surface area contributed by atoms with Crippen molar-refractivity contribution in [2.75, 3.05) is 12.8 Å². The number of nitrogens with two attached hydrogens (primary N) is 1. The van der Waals surface area contributed by atoms with Crippen molar-refractivity contribution in [3.63, 3.8) is 0 Å². The zero-order chi connectivity index (χ0) is 11.5. The summed E-state index contributed by atoms with van der Waals surface area (Å²) in [4.78, 5) is 8.35. The van der Waals surface area contributed by atoms with Crippen molar-refractivity contribution in [3.05, 3.63) is 36.3 Å². The van der Waals surface area contributed by atoms with Crippen LogP contribution in [0.1, 0.15) is 5.69 Å². The molecule has 2 N–H and O–H groups in total. The highest BCUT2D eigenvalue weighted by atomic mass is 16.5. The molecule has 2 heterocycles. The second kappa shape index (κ2) is 4.18. The Kier molecular flexibility index (Phi) is 2.72. The number of rotatable bonds is 2. The van der Waals surface area contributed by atoms with E-state index in [2.05, 4.69) is 9.97 Å². The zero-order valence-electron chi connectivity index (χ0n) is 9.27. The SMILES string of the molecule is COc1ccc(-c2cnc(C)c(N)c2)cn1. The van der Waals surface area contributed by atoms with Gasteiger partial charge in [-0.1, -0.05) is 0 Å². The first-order valence-electron chi connectivity index (χ1n) is 4.93. The van der Waals surface area contributed by atoms with E-state index < -0.39 is 0 Å². The molecule has 0 radical (unpaired) electrons. The monoisotopic (exact) mass is 215 g/mol. The summed E-state index contributed by atoms with van der Waals surface area (Å²) in [6, 6.07) is 5.63. The Balaban J connectivity index is 2.38. The molecule has 0 aliphatic carbocycles. The minimum absolute atomic E-state index is 0.594. The molecule has 0 aliphatic rings. The van der Waals surface area contributed by atoms with Crippen molar-refractivity contribution in [2.24, 2.45) is 0 Å². The molecular formula is C12H13N3O. The average molecular weight is 215 g/mol. The van der Waals surface area contributed by atoms with Gasteiger partial charge in [0.2, 0.25) is 5.88 Å². The van der Waals surface area contributed by atoms with Gasteiger partial charge in [-0.2, -0.15) is 0 Å². The van der Waals surface area contributed by atoms with E-state index in [1.54, 1.807) is 19.5 Å². The molecule has 0 aliphatic heterocycles. The van der Waals surface area contributed by atoms with Crippen molar-refractivity contribution >= 4 is 5.69 Å². The van der Waals surface area contributed by atoms with Crippen molar-refractivity contribution in [2.45, 2.75) is 6.92 Å². The van der Waals surface area contributed by atoms with Crippen LogP contribution in [0.25, 0.3) is 11.1 Å². The number of methoxy groups -OCH3 is 1. The molecule has 0 aromatic carbocycles. The fourth-order valence-electron chi connectivity index (χ4n) is 1.38. The number of hydrogen-bond acceptors (Lipinski definition) is 4. The molecule has 0 fully saturated rings. The van der Waals surface area contributed by atoms with Gasteiger partial charge in [0, 0.05) is 29.6 Å². The van der Waals surface area contributed by atoms with Gasteiger partial charge in [-0.25, -0.2) is 4.98 Å². The van der Waals surface area contributed by atoms with Crippen LogP contribution in [0.3, 0.4) is 0 Å². The molecular weight excluding hydrogens is 202 g/mol. The number of nitrogen functional groups attached to an aromatic ring is 1. The number of anilines is 1. The minimum atomic E-state index is 0.594. The summed E-state index contributed by atoms with van der Waals surface area (Å²) < 4.78 is 5.00. The van der Waals surface area contributed by atoms with Gasteiger partial charge in [0.15, 0.2) is 0 Å². The van der Waals surface area contributed by atoms with Crippen LogP contribution >= 0.6 is 0 Å². The van der Waals surface area contributed by atoms with E-state index in [9.17, 15) is 0 Å². The van der Waals surface area contributed by atoms with Crippen molar-refractivity contribution in [1.82, 2.24) is 9.97 Å². The lowest BCUT2D eigenvalue weighted by molar-refractivity contribution is 0.398. The van der Waals surface area contributed by atoms with Gasteiger partial charge in [-0.3, -0.25) is 4.98 Å². The highest BCUT2D eigenvalue weighted by Gasteiger charge is 2.02. The molecule has 4 nitrogen and oxygen atoms in total. The molecule has 0 saturated heterocycles. The van der Waals surface area contributed by atoms with Crippen molar-refractivity contribution in [1.29, 1.82) is 0 Å². The summed E-state index contributed by atoms with van der Waals surface area (Å²) in [5.74, 6) is 0.594. The number of ether oxygens (including phenoxy) is 1. The zero-order valence-corrected chi connectivity index (χ0v) is 9.27. The molecule has 0 atom stereocenters. The predicted octanol–water partition coefficient (Wildman–Crippen LogP) is 2.04. The lowest BCUT2D eigenvalue weighted by Gasteiger charge is -2.05. The van der Waals surface area contributed by atoms with E-state index in [-0.39, 0.29) is 0 Å². The van der Waals surface area contributed by atoms with Crippen LogP contribution in [-0.2, 0) is 0 Å². The summed E-state index contributed by atoms with van der Waals surface area (Å²) in [5, 5.41) is 0. The smallest absolute Gasteiger partial charge is 0.212 e. The van der Waals surface area contributed by atoms with E-state index in [1.165, 1.54) is 0 Å². The van der Waals surface area contributed by atoms with Crippen molar-refractivity contribution < 1.29 is 4.74 Å². The molecule has 0 bridgehead atoms. The first kappa shape index (κ1) is 10.4. The van der Waals surface area contributed by atoms with E-state index >= 15 is 0 Å². The molecule has 2 aromatic heterocycles. The van der Waals surface area contributed by atoms with E-state index in [4.69, 9.17) is 10.5 Å². The van der Waals surface area contributed by atoms with Crippen molar-refractivity contribution in [3.8, 4) is 17.0 Å². The quantitative estimate of drug-likeness (QED) is 0.832. The number of aryl methyl sites for hydroxylation is 1. The first-order chi connectivity index (χ1) is 7.70. The molecule has 2 aromatic rings. The number of hydrogen-bond donors (Lipinski definition) is 1. The van der Waals surface area contributed by atoms with Crippen LogP contribution in [0.4, 0.5) is 5.69 Å². The fourth-order valence-corrected chi connectivity index (χ4v) is 1.38. The standard InChI is InChI=1S/C12H13N3O/c1-8-11(13)5-10(7-14-8)9-3-4-12(16-2)15-6-9/h3-7H,13H2,1-2H3. The maximum absolute atomic E-state index is 5.81. The van der Waals surface area contributed by atoms with Gasteiger partial charge in [0.05, 0.1) is 18.5 Å². The summed E-state index contributed by atoms with van der Waals surface area (Å²) in [7, 11) is 1.59. The Morgan fingerprint density at radius 1 is 1.12 bits per heavy atom. The number of nitrogens with zero attached hydrogens (tertiary/aromatic N) is 2. The average Bonchev–Trinajstić information content (AvgIpc) is 2.33. The third-order valence-corrected chi connectivity index (χ3v) is 2.40. The summed E-state index contributed by atoms with van der Waals surface area (Å²) >= 11 is 0. The highest BCUT2D eigenvalue weighted by molar-refractivity contribution is 5.66. The maximum Gasteiger partial charge on any atom is 0.212 e. The van der Waals surface area contributed by atoms with Crippen LogP contribution in [0.5, 0.6) is 5.88 Å². The van der Waals surface area contributed by atoms with Crippen LogP contribution in [0.2, 0.25) is 0 Å². The van der Waals surface area contributed by atoms with E-state index in [0.717, 1.165) is 16.8 Å². The van der Waals surface area contributed by atoms with E-state index in [0.29, 0.717) is 11.6 Å². The van der Waals surface area contributed by atoms with Gasteiger partial charge in [-0.15, -0.1) is 0 Å². The first-order valence-corrected chi connectivity index (χ1v) is 4.93. The molecule has 4 heteroatoms. The molecule has 82 valence electrons. The van der Waals surface area contributed by atoms with Gasteiger partial charge in [0.1, 0.15) is 0 Å². The Morgan fingerprint density at radius 3 is 2.44 bits per heavy atom.